The highest BCUT2D eigenvalue weighted by molar-refractivity contribution is 5.76. The fourth-order valence-electron chi connectivity index (χ4n) is 2.50. The Labute approximate surface area is 107 Å². The predicted octanol–water partition coefficient (Wildman–Crippen LogP) is 1.53. The molecule has 0 aromatic heterocycles. The number of phenolic OH excluding ortho intramolecular Hbond substituents is 1. The van der Waals surface area contributed by atoms with Crippen LogP contribution in [-0.2, 0) is 11.3 Å². The molecule has 18 heavy (non-hydrogen) atoms. The summed E-state index contributed by atoms with van der Waals surface area (Å²) in [5.74, 6) is 0.207. The lowest BCUT2D eigenvalue weighted by Crippen LogP contribution is -2.36. The molecule has 0 bridgehead atoms. The highest BCUT2D eigenvalue weighted by Crippen LogP contribution is 2.24. The fourth-order valence-corrected chi connectivity index (χ4v) is 2.50. The topological polar surface area (TPSA) is 75.4 Å². The molecule has 4 nitrogen and oxygen atoms in total. The van der Waals surface area contributed by atoms with Gasteiger partial charge in [-0.15, -0.1) is 0 Å². The minimum atomic E-state index is -0.172. The van der Waals surface area contributed by atoms with Crippen molar-refractivity contribution < 1.29 is 9.90 Å². The van der Waals surface area contributed by atoms with Gasteiger partial charge >= 0.3 is 0 Å². The zero-order valence-electron chi connectivity index (χ0n) is 10.4. The number of primary amides is 1. The van der Waals surface area contributed by atoms with Crippen LogP contribution in [0.1, 0.15) is 31.2 Å². The SMILES string of the molecule is NC(=O)C1CCC(NCc2ccccc2O)CC1. The van der Waals surface area contributed by atoms with Crippen LogP contribution in [0.2, 0.25) is 0 Å². The van der Waals surface area contributed by atoms with E-state index in [-0.39, 0.29) is 11.8 Å². The van der Waals surface area contributed by atoms with E-state index in [1.165, 1.54) is 0 Å². The molecule has 0 aliphatic heterocycles. The Balaban J connectivity index is 1.79. The Morgan fingerprint density at radius 3 is 2.56 bits per heavy atom. The zero-order valence-corrected chi connectivity index (χ0v) is 10.4. The third-order valence-electron chi connectivity index (χ3n) is 3.70. The summed E-state index contributed by atoms with van der Waals surface area (Å²) < 4.78 is 0. The minimum absolute atomic E-state index is 0.0492. The average Bonchev–Trinajstić information content (AvgIpc) is 2.38. The van der Waals surface area contributed by atoms with E-state index in [1.54, 1.807) is 6.07 Å². The largest absolute Gasteiger partial charge is 0.508 e. The Morgan fingerprint density at radius 2 is 1.94 bits per heavy atom. The monoisotopic (exact) mass is 248 g/mol. The van der Waals surface area contributed by atoms with Gasteiger partial charge in [-0.1, -0.05) is 18.2 Å². The van der Waals surface area contributed by atoms with Gasteiger partial charge < -0.3 is 16.2 Å². The molecule has 0 atom stereocenters. The van der Waals surface area contributed by atoms with Crippen LogP contribution in [0, 0.1) is 5.92 Å². The van der Waals surface area contributed by atoms with Crippen molar-refractivity contribution in [3.05, 3.63) is 29.8 Å². The summed E-state index contributed by atoms with van der Waals surface area (Å²) in [5.41, 5.74) is 6.22. The van der Waals surface area contributed by atoms with Crippen LogP contribution in [0.5, 0.6) is 5.75 Å². The van der Waals surface area contributed by atoms with Crippen molar-refractivity contribution in [1.29, 1.82) is 0 Å². The molecule has 1 aliphatic carbocycles. The van der Waals surface area contributed by atoms with Crippen LogP contribution in [0.3, 0.4) is 0 Å². The molecular formula is C14H20N2O2. The highest BCUT2D eigenvalue weighted by Gasteiger charge is 2.24. The normalized spacial score (nSPS) is 23.8. The molecule has 4 N–H and O–H groups in total. The summed E-state index contributed by atoms with van der Waals surface area (Å²) in [7, 11) is 0. The molecular weight excluding hydrogens is 228 g/mol. The number of hydrogen-bond acceptors (Lipinski definition) is 3. The molecule has 0 heterocycles. The number of nitrogens with one attached hydrogen (secondary N) is 1. The number of benzene rings is 1. The Hall–Kier alpha value is -1.55. The van der Waals surface area contributed by atoms with Gasteiger partial charge in [0.25, 0.3) is 0 Å². The second-order valence-corrected chi connectivity index (χ2v) is 4.96. The summed E-state index contributed by atoms with van der Waals surface area (Å²) in [4.78, 5) is 11.1. The van der Waals surface area contributed by atoms with Gasteiger partial charge in [0.2, 0.25) is 5.91 Å². The Morgan fingerprint density at radius 1 is 1.28 bits per heavy atom. The quantitative estimate of drug-likeness (QED) is 0.756. The number of para-hydroxylation sites is 1. The lowest BCUT2D eigenvalue weighted by molar-refractivity contribution is -0.122. The number of nitrogens with two attached hydrogens (primary N) is 1. The van der Waals surface area contributed by atoms with Gasteiger partial charge in [-0.3, -0.25) is 4.79 Å². The highest BCUT2D eigenvalue weighted by atomic mass is 16.3. The van der Waals surface area contributed by atoms with Crippen LogP contribution in [0.15, 0.2) is 24.3 Å². The van der Waals surface area contributed by atoms with Gasteiger partial charge in [-0.2, -0.15) is 0 Å². The van der Waals surface area contributed by atoms with Crippen LogP contribution >= 0.6 is 0 Å². The first-order valence-electron chi connectivity index (χ1n) is 6.46. The van der Waals surface area contributed by atoms with Crippen LogP contribution in [0.25, 0.3) is 0 Å². The minimum Gasteiger partial charge on any atom is -0.508 e. The zero-order chi connectivity index (χ0) is 13.0. The maximum absolute atomic E-state index is 11.1. The summed E-state index contributed by atoms with van der Waals surface area (Å²) in [6.07, 6.45) is 3.68. The van der Waals surface area contributed by atoms with E-state index in [2.05, 4.69) is 5.32 Å². The number of carbonyl (C=O) groups is 1. The van der Waals surface area contributed by atoms with Crippen molar-refractivity contribution >= 4 is 5.91 Å². The molecule has 1 aliphatic rings. The molecule has 0 radical (unpaired) electrons. The number of phenols is 1. The first kappa shape index (κ1) is 12.9. The van der Waals surface area contributed by atoms with E-state index in [1.807, 2.05) is 18.2 Å². The van der Waals surface area contributed by atoms with Gasteiger partial charge in [-0.05, 0) is 31.7 Å². The third-order valence-corrected chi connectivity index (χ3v) is 3.70. The van der Waals surface area contributed by atoms with Crippen molar-refractivity contribution in [3.8, 4) is 5.75 Å². The van der Waals surface area contributed by atoms with Crippen LogP contribution in [-0.4, -0.2) is 17.1 Å². The lowest BCUT2D eigenvalue weighted by atomic mass is 9.85. The number of carbonyl (C=O) groups excluding carboxylic acids is 1. The van der Waals surface area contributed by atoms with E-state index < -0.39 is 0 Å². The molecule has 1 amide bonds. The molecule has 0 saturated heterocycles. The number of amides is 1. The molecule has 1 aromatic rings. The van der Waals surface area contributed by atoms with E-state index in [4.69, 9.17) is 5.73 Å². The molecule has 1 fully saturated rings. The van der Waals surface area contributed by atoms with E-state index in [0.717, 1.165) is 31.2 Å². The summed E-state index contributed by atoms with van der Waals surface area (Å²) in [6.45, 7) is 0.665. The van der Waals surface area contributed by atoms with Gasteiger partial charge in [-0.25, -0.2) is 0 Å². The second-order valence-electron chi connectivity index (χ2n) is 4.96. The average molecular weight is 248 g/mol. The maximum atomic E-state index is 11.1. The van der Waals surface area contributed by atoms with E-state index in [0.29, 0.717) is 18.3 Å². The number of hydrogen-bond donors (Lipinski definition) is 3. The molecule has 0 spiro atoms. The van der Waals surface area contributed by atoms with Crippen molar-refractivity contribution in [2.45, 2.75) is 38.3 Å². The molecule has 0 unspecified atom stereocenters. The second kappa shape index (κ2) is 5.87. The van der Waals surface area contributed by atoms with Crippen molar-refractivity contribution in [2.24, 2.45) is 11.7 Å². The number of aromatic hydroxyl groups is 1. The molecule has 1 saturated carbocycles. The fraction of sp³-hybridized carbons (Fsp3) is 0.500. The third kappa shape index (κ3) is 3.23. The van der Waals surface area contributed by atoms with Gasteiger partial charge in [0, 0.05) is 24.1 Å². The maximum Gasteiger partial charge on any atom is 0.220 e. The number of rotatable bonds is 4. The summed E-state index contributed by atoms with van der Waals surface area (Å²) in [6, 6.07) is 7.76. The van der Waals surface area contributed by atoms with Gasteiger partial charge in [0.1, 0.15) is 5.75 Å². The molecule has 2 rings (SSSR count). The smallest absolute Gasteiger partial charge is 0.220 e. The Kier molecular flexibility index (Phi) is 4.20. The first-order chi connectivity index (χ1) is 8.66. The summed E-state index contributed by atoms with van der Waals surface area (Å²) in [5, 5.41) is 13.1. The standard InChI is InChI=1S/C14H20N2O2/c15-14(18)10-5-7-12(8-6-10)16-9-11-3-1-2-4-13(11)17/h1-4,10,12,16-17H,5-9H2,(H2,15,18). The van der Waals surface area contributed by atoms with Gasteiger partial charge in [0.15, 0.2) is 0 Å². The van der Waals surface area contributed by atoms with Crippen molar-refractivity contribution in [1.82, 2.24) is 5.32 Å². The Bertz CT molecular complexity index is 412. The first-order valence-corrected chi connectivity index (χ1v) is 6.46. The summed E-state index contributed by atoms with van der Waals surface area (Å²) >= 11 is 0. The van der Waals surface area contributed by atoms with Crippen LogP contribution < -0.4 is 11.1 Å². The lowest BCUT2D eigenvalue weighted by Gasteiger charge is -2.27. The van der Waals surface area contributed by atoms with Crippen molar-refractivity contribution in [3.63, 3.8) is 0 Å². The van der Waals surface area contributed by atoms with E-state index >= 15 is 0 Å². The van der Waals surface area contributed by atoms with Gasteiger partial charge in [0.05, 0.1) is 0 Å². The van der Waals surface area contributed by atoms with E-state index in [9.17, 15) is 9.90 Å². The molecule has 1 aromatic carbocycles. The van der Waals surface area contributed by atoms with Crippen LogP contribution in [0.4, 0.5) is 0 Å². The van der Waals surface area contributed by atoms with Crippen molar-refractivity contribution in [2.75, 3.05) is 0 Å². The molecule has 4 heteroatoms. The predicted molar refractivity (Wildman–Crippen MR) is 69.9 cm³/mol. The molecule has 98 valence electrons.